The summed E-state index contributed by atoms with van der Waals surface area (Å²) in [5.74, 6) is 1.16. The van der Waals surface area contributed by atoms with E-state index in [1.807, 2.05) is 6.92 Å². The lowest BCUT2D eigenvalue weighted by Crippen LogP contribution is -2.19. The van der Waals surface area contributed by atoms with Gasteiger partial charge in [0.15, 0.2) is 0 Å². The number of nitrogens with two attached hydrogens (primary N) is 1. The number of nitrogen functional groups attached to an aromatic ring is 1. The molecule has 0 aliphatic rings. The van der Waals surface area contributed by atoms with Gasteiger partial charge in [0.2, 0.25) is 10.0 Å². The van der Waals surface area contributed by atoms with E-state index in [9.17, 15) is 12.6 Å². The molecule has 4 N–H and O–H groups in total. The molecule has 0 aromatic heterocycles. The first-order valence-corrected chi connectivity index (χ1v) is 8.79. The summed E-state index contributed by atoms with van der Waals surface area (Å²) in [7, 11) is -2.97. The van der Waals surface area contributed by atoms with Gasteiger partial charge in [-0.2, -0.15) is 0 Å². The predicted molar refractivity (Wildman–Crippen MR) is 79.1 cm³/mol. The highest BCUT2D eigenvalue weighted by Gasteiger charge is 2.12. The molecular formula is C11H19N3O3S2. The Hall–Kier alpha value is -1.12. The fraction of sp³-hybridized carbons (Fsp3) is 0.455. The average Bonchev–Trinajstić information content (AvgIpc) is 2.40. The molecule has 1 atom stereocenters. The smallest absolute Gasteiger partial charge is 0.240 e. The third-order valence-electron chi connectivity index (χ3n) is 2.57. The topological polar surface area (TPSA) is 101 Å². The van der Waals surface area contributed by atoms with Gasteiger partial charge in [0.1, 0.15) is 0 Å². The summed E-state index contributed by atoms with van der Waals surface area (Å²) >= 11 is 0. The van der Waals surface area contributed by atoms with Crippen molar-refractivity contribution in [2.45, 2.75) is 11.8 Å². The Bertz CT molecular complexity index is 558. The molecule has 1 rings (SSSR count). The molecule has 0 spiro atoms. The van der Waals surface area contributed by atoms with Crippen LogP contribution in [0.25, 0.3) is 0 Å². The Kier molecular flexibility index (Phi) is 5.77. The summed E-state index contributed by atoms with van der Waals surface area (Å²) < 4.78 is 36.6. The Labute approximate surface area is 116 Å². The van der Waals surface area contributed by atoms with Gasteiger partial charge in [-0.3, -0.25) is 4.21 Å². The van der Waals surface area contributed by atoms with E-state index < -0.39 is 20.8 Å². The van der Waals surface area contributed by atoms with E-state index in [2.05, 4.69) is 10.0 Å². The second-order valence-electron chi connectivity index (χ2n) is 3.82. The summed E-state index contributed by atoms with van der Waals surface area (Å²) in [6, 6.07) is 4.47. The van der Waals surface area contributed by atoms with Crippen molar-refractivity contribution in [1.29, 1.82) is 0 Å². The highest BCUT2D eigenvalue weighted by molar-refractivity contribution is 7.89. The number of sulfonamides is 1. The van der Waals surface area contributed by atoms with Gasteiger partial charge in [0.25, 0.3) is 0 Å². The van der Waals surface area contributed by atoms with E-state index in [4.69, 9.17) is 5.73 Å². The van der Waals surface area contributed by atoms with Gasteiger partial charge in [-0.1, -0.05) is 6.92 Å². The Morgan fingerprint density at radius 2 is 2.05 bits per heavy atom. The van der Waals surface area contributed by atoms with Gasteiger partial charge in [-0.25, -0.2) is 13.1 Å². The van der Waals surface area contributed by atoms with E-state index in [-0.39, 0.29) is 4.90 Å². The minimum Gasteiger partial charge on any atom is -0.397 e. The fourth-order valence-corrected chi connectivity index (χ4v) is 2.81. The van der Waals surface area contributed by atoms with Crippen LogP contribution in [0, 0.1) is 0 Å². The van der Waals surface area contributed by atoms with Crippen LogP contribution < -0.4 is 15.8 Å². The van der Waals surface area contributed by atoms with Crippen molar-refractivity contribution in [2.75, 3.05) is 36.1 Å². The second kappa shape index (κ2) is 6.88. The molecule has 108 valence electrons. The van der Waals surface area contributed by atoms with E-state index in [1.165, 1.54) is 19.2 Å². The monoisotopic (exact) mass is 305 g/mol. The van der Waals surface area contributed by atoms with Crippen LogP contribution in [-0.4, -0.2) is 37.7 Å². The first kappa shape index (κ1) is 15.9. The van der Waals surface area contributed by atoms with Crippen molar-refractivity contribution in [3.63, 3.8) is 0 Å². The summed E-state index contributed by atoms with van der Waals surface area (Å²) in [5, 5.41) is 3.04. The summed E-state index contributed by atoms with van der Waals surface area (Å²) in [5.41, 5.74) is 6.78. The van der Waals surface area contributed by atoms with Crippen LogP contribution >= 0.6 is 0 Å². The highest BCUT2D eigenvalue weighted by atomic mass is 32.2. The van der Waals surface area contributed by atoms with Gasteiger partial charge in [0.05, 0.1) is 16.3 Å². The van der Waals surface area contributed by atoms with Crippen LogP contribution in [0.3, 0.4) is 0 Å². The summed E-state index contributed by atoms with van der Waals surface area (Å²) in [6.45, 7) is 2.39. The minimum atomic E-state index is -3.48. The Balaban J connectivity index is 2.76. The molecule has 0 bridgehead atoms. The molecule has 1 unspecified atom stereocenters. The third-order valence-corrected chi connectivity index (χ3v) is 5.28. The number of hydrogen-bond donors (Lipinski definition) is 3. The summed E-state index contributed by atoms with van der Waals surface area (Å²) in [6.07, 6.45) is 0. The molecule has 0 amide bonds. The molecule has 19 heavy (non-hydrogen) atoms. The normalized spacial score (nSPS) is 13.2. The number of nitrogens with one attached hydrogen (secondary N) is 2. The fourth-order valence-electron chi connectivity index (χ4n) is 1.43. The number of hydrogen-bond acceptors (Lipinski definition) is 5. The molecule has 0 saturated heterocycles. The molecule has 6 nitrogen and oxygen atoms in total. The Morgan fingerprint density at radius 1 is 1.37 bits per heavy atom. The molecule has 1 aromatic rings. The van der Waals surface area contributed by atoms with Crippen LogP contribution in [0.15, 0.2) is 23.1 Å². The zero-order valence-electron chi connectivity index (χ0n) is 11.0. The van der Waals surface area contributed by atoms with Gasteiger partial charge in [0, 0.05) is 28.9 Å². The van der Waals surface area contributed by atoms with Crippen molar-refractivity contribution in [1.82, 2.24) is 4.72 Å². The van der Waals surface area contributed by atoms with E-state index in [0.717, 1.165) is 0 Å². The maximum absolute atomic E-state index is 11.6. The van der Waals surface area contributed by atoms with Crippen molar-refractivity contribution in [2.24, 2.45) is 0 Å². The van der Waals surface area contributed by atoms with Crippen molar-refractivity contribution in [3.05, 3.63) is 18.2 Å². The van der Waals surface area contributed by atoms with E-state index in [0.29, 0.717) is 29.4 Å². The van der Waals surface area contributed by atoms with Crippen LogP contribution in [-0.2, 0) is 20.8 Å². The quantitative estimate of drug-likeness (QED) is 0.631. The van der Waals surface area contributed by atoms with E-state index in [1.54, 1.807) is 6.07 Å². The first-order valence-electron chi connectivity index (χ1n) is 5.82. The third kappa shape index (κ3) is 4.48. The first-order chi connectivity index (χ1) is 8.90. The van der Waals surface area contributed by atoms with Crippen molar-refractivity contribution < 1.29 is 12.6 Å². The van der Waals surface area contributed by atoms with Crippen molar-refractivity contribution >= 4 is 32.2 Å². The summed E-state index contributed by atoms with van der Waals surface area (Å²) in [4.78, 5) is 0.121. The lowest BCUT2D eigenvalue weighted by molar-refractivity contribution is 0.588. The lowest BCUT2D eigenvalue weighted by Gasteiger charge is -2.10. The molecule has 0 heterocycles. The van der Waals surface area contributed by atoms with E-state index >= 15 is 0 Å². The standard InChI is InChI=1S/C11H19N3O3S2/c1-3-18(15)7-6-14-11-5-4-9(8-10(11)12)19(16,17)13-2/h4-5,8,13-14H,3,6-7,12H2,1-2H3. The zero-order chi connectivity index (χ0) is 14.5. The highest BCUT2D eigenvalue weighted by Crippen LogP contribution is 2.22. The second-order valence-corrected chi connectivity index (χ2v) is 7.57. The molecule has 0 radical (unpaired) electrons. The van der Waals surface area contributed by atoms with Gasteiger partial charge >= 0.3 is 0 Å². The van der Waals surface area contributed by atoms with Gasteiger partial charge < -0.3 is 11.1 Å². The molecule has 0 fully saturated rings. The van der Waals surface area contributed by atoms with Crippen LogP contribution in [0.2, 0.25) is 0 Å². The minimum absolute atomic E-state index is 0.121. The molecule has 0 saturated carbocycles. The number of rotatable bonds is 7. The van der Waals surface area contributed by atoms with Gasteiger partial charge in [-0.15, -0.1) is 0 Å². The largest absolute Gasteiger partial charge is 0.397 e. The van der Waals surface area contributed by atoms with Crippen LogP contribution in [0.4, 0.5) is 11.4 Å². The molecular weight excluding hydrogens is 286 g/mol. The zero-order valence-corrected chi connectivity index (χ0v) is 12.6. The van der Waals surface area contributed by atoms with Gasteiger partial charge in [-0.05, 0) is 25.2 Å². The maximum Gasteiger partial charge on any atom is 0.240 e. The van der Waals surface area contributed by atoms with Crippen LogP contribution in [0.5, 0.6) is 0 Å². The molecule has 8 heteroatoms. The number of anilines is 2. The maximum atomic E-state index is 11.6. The average molecular weight is 305 g/mol. The Morgan fingerprint density at radius 3 is 2.58 bits per heavy atom. The number of benzene rings is 1. The lowest BCUT2D eigenvalue weighted by atomic mass is 10.2. The van der Waals surface area contributed by atoms with Crippen LogP contribution in [0.1, 0.15) is 6.92 Å². The molecule has 1 aromatic carbocycles. The predicted octanol–water partition coefficient (Wildman–Crippen LogP) is 0.357. The van der Waals surface area contributed by atoms with Crippen molar-refractivity contribution in [3.8, 4) is 0 Å². The SMILES string of the molecule is CCS(=O)CCNc1ccc(S(=O)(=O)NC)cc1N. The molecule has 0 aliphatic carbocycles. The molecule has 0 aliphatic heterocycles.